The summed E-state index contributed by atoms with van der Waals surface area (Å²) in [6, 6.07) is 8.89. The number of benzene rings is 2. The minimum absolute atomic E-state index is 0.00623. The molecule has 0 aromatic heterocycles. The first kappa shape index (κ1) is 24.0. The van der Waals surface area contributed by atoms with Crippen molar-refractivity contribution in [2.24, 2.45) is 5.92 Å². The molecule has 1 aliphatic heterocycles. The van der Waals surface area contributed by atoms with Gasteiger partial charge in [0.15, 0.2) is 0 Å². The van der Waals surface area contributed by atoms with Crippen LogP contribution in [-0.4, -0.2) is 39.7 Å². The van der Waals surface area contributed by atoms with E-state index in [-0.39, 0.29) is 16.4 Å². The first-order valence-electron chi connectivity index (χ1n) is 11.0. The molecule has 1 saturated heterocycles. The van der Waals surface area contributed by atoms with Crippen molar-refractivity contribution in [3.05, 3.63) is 58.9 Å². The largest absolute Gasteiger partial charge is 0.493 e. The number of halogens is 2. The molecule has 0 spiro atoms. The van der Waals surface area contributed by atoms with E-state index in [9.17, 15) is 17.6 Å². The van der Waals surface area contributed by atoms with Crippen LogP contribution in [0.5, 0.6) is 5.75 Å². The van der Waals surface area contributed by atoms with E-state index in [2.05, 4.69) is 5.32 Å². The van der Waals surface area contributed by atoms with E-state index >= 15 is 0 Å². The van der Waals surface area contributed by atoms with Gasteiger partial charge in [-0.2, -0.15) is 0 Å². The average Bonchev–Trinajstić information content (AvgIpc) is 3.51. The fourth-order valence-electron chi connectivity index (χ4n) is 3.84. The number of hydrogen-bond donors (Lipinski definition) is 1. The van der Waals surface area contributed by atoms with Gasteiger partial charge in [0, 0.05) is 42.2 Å². The number of ether oxygens (including phenoxy) is 2. The van der Waals surface area contributed by atoms with Gasteiger partial charge in [-0.25, -0.2) is 17.6 Å². The summed E-state index contributed by atoms with van der Waals surface area (Å²) in [5.41, 5.74) is 0.555. The standard InChI is InChI=1S/C24H27ClFNO5S/c1-24(2,11-15-3-7-18(8-4-15)33(25,29)30)32-23(28)20-9-19(17-5-6-17)22(10-21(20)26)31-14-16-12-27-13-16/h3-4,7-10,16-17,27H,5-6,11-14H2,1-2H3. The summed E-state index contributed by atoms with van der Waals surface area (Å²) in [5, 5.41) is 3.18. The van der Waals surface area contributed by atoms with Gasteiger partial charge in [0.05, 0.1) is 17.1 Å². The first-order chi connectivity index (χ1) is 15.5. The number of nitrogens with one attached hydrogen (secondary N) is 1. The first-order valence-corrected chi connectivity index (χ1v) is 13.3. The van der Waals surface area contributed by atoms with Crippen LogP contribution in [0.4, 0.5) is 4.39 Å². The highest BCUT2D eigenvalue weighted by molar-refractivity contribution is 8.13. The van der Waals surface area contributed by atoms with Crippen molar-refractivity contribution in [3.8, 4) is 5.75 Å². The molecule has 0 unspecified atom stereocenters. The number of rotatable bonds is 9. The lowest BCUT2D eigenvalue weighted by Gasteiger charge is -2.27. The van der Waals surface area contributed by atoms with E-state index in [1.165, 1.54) is 18.2 Å². The predicted molar refractivity (Wildman–Crippen MR) is 123 cm³/mol. The van der Waals surface area contributed by atoms with Crippen molar-refractivity contribution in [3.63, 3.8) is 0 Å². The maximum absolute atomic E-state index is 14.9. The number of carbonyl (C=O) groups is 1. The summed E-state index contributed by atoms with van der Waals surface area (Å²) >= 11 is 0. The monoisotopic (exact) mass is 495 g/mol. The zero-order valence-electron chi connectivity index (χ0n) is 18.6. The van der Waals surface area contributed by atoms with Gasteiger partial charge < -0.3 is 14.8 Å². The zero-order valence-corrected chi connectivity index (χ0v) is 20.1. The highest BCUT2D eigenvalue weighted by Crippen LogP contribution is 2.45. The van der Waals surface area contributed by atoms with Gasteiger partial charge in [0.1, 0.15) is 17.2 Å². The van der Waals surface area contributed by atoms with Gasteiger partial charge in [0.2, 0.25) is 0 Å². The molecule has 9 heteroatoms. The van der Waals surface area contributed by atoms with Crippen LogP contribution >= 0.6 is 10.7 Å². The van der Waals surface area contributed by atoms with E-state index in [0.29, 0.717) is 24.7 Å². The maximum atomic E-state index is 14.9. The Morgan fingerprint density at radius 2 is 1.85 bits per heavy atom. The number of hydrogen-bond acceptors (Lipinski definition) is 6. The van der Waals surface area contributed by atoms with Gasteiger partial charge in [-0.1, -0.05) is 12.1 Å². The molecule has 178 valence electrons. The summed E-state index contributed by atoms with van der Waals surface area (Å²) in [7, 11) is 1.54. The Kier molecular flexibility index (Phi) is 6.71. The van der Waals surface area contributed by atoms with Crippen molar-refractivity contribution in [2.45, 2.75) is 49.5 Å². The molecule has 2 aromatic carbocycles. The normalized spacial score (nSPS) is 16.8. The van der Waals surface area contributed by atoms with Gasteiger partial charge in [-0.05, 0) is 61.9 Å². The van der Waals surface area contributed by atoms with E-state index in [1.807, 2.05) is 0 Å². The Hall–Kier alpha value is -2.16. The minimum Gasteiger partial charge on any atom is -0.493 e. The van der Waals surface area contributed by atoms with Crippen molar-refractivity contribution in [2.75, 3.05) is 19.7 Å². The summed E-state index contributed by atoms with van der Waals surface area (Å²) in [4.78, 5) is 12.9. The topological polar surface area (TPSA) is 81.7 Å². The van der Waals surface area contributed by atoms with E-state index in [4.69, 9.17) is 20.2 Å². The Balaban J connectivity index is 1.46. The molecule has 1 heterocycles. The average molecular weight is 496 g/mol. The molecule has 33 heavy (non-hydrogen) atoms. The molecule has 1 N–H and O–H groups in total. The Bertz CT molecular complexity index is 1140. The molecule has 2 aliphatic rings. The second-order valence-electron chi connectivity index (χ2n) is 9.39. The Labute approximate surface area is 197 Å². The van der Waals surface area contributed by atoms with Crippen LogP contribution in [0.2, 0.25) is 0 Å². The van der Waals surface area contributed by atoms with Crippen LogP contribution in [0.1, 0.15) is 54.1 Å². The van der Waals surface area contributed by atoms with Crippen LogP contribution in [-0.2, 0) is 20.2 Å². The molecule has 1 aliphatic carbocycles. The molecule has 2 fully saturated rings. The van der Waals surface area contributed by atoms with Crippen LogP contribution < -0.4 is 10.1 Å². The smallest absolute Gasteiger partial charge is 0.341 e. The quantitative estimate of drug-likeness (QED) is 0.410. The van der Waals surface area contributed by atoms with Gasteiger partial charge >= 0.3 is 5.97 Å². The van der Waals surface area contributed by atoms with Gasteiger partial charge in [-0.3, -0.25) is 0 Å². The van der Waals surface area contributed by atoms with Crippen LogP contribution in [0.3, 0.4) is 0 Å². The lowest BCUT2D eigenvalue weighted by Crippen LogP contribution is -2.45. The van der Waals surface area contributed by atoms with E-state index in [0.717, 1.165) is 37.1 Å². The molecule has 0 bridgehead atoms. The van der Waals surface area contributed by atoms with Crippen molar-refractivity contribution < 1.29 is 27.1 Å². The van der Waals surface area contributed by atoms with Crippen LogP contribution in [0, 0.1) is 11.7 Å². The Morgan fingerprint density at radius 1 is 1.18 bits per heavy atom. The molecule has 6 nitrogen and oxygen atoms in total. The molecule has 0 amide bonds. The molecule has 1 saturated carbocycles. The molecule has 4 rings (SSSR count). The minimum atomic E-state index is -3.81. The zero-order chi connectivity index (χ0) is 23.8. The third-order valence-corrected chi connectivity index (χ3v) is 7.25. The molecule has 2 aromatic rings. The van der Waals surface area contributed by atoms with E-state index in [1.54, 1.807) is 32.0 Å². The third-order valence-electron chi connectivity index (χ3n) is 5.88. The lowest BCUT2D eigenvalue weighted by molar-refractivity contribution is -0.00114. The summed E-state index contributed by atoms with van der Waals surface area (Å²) in [6.07, 6.45) is 2.29. The highest BCUT2D eigenvalue weighted by Gasteiger charge is 2.32. The van der Waals surface area contributed by atoms with Crippen LogP contribution in [0.15, 0.2) is 41.3 Å². The number of carbonyl (C=O) groups excluding carboxylic acids is 1. The Morgan fingerprint density at radius 3 is 2.39 bits per heavy atom. The third kappa shape index (κ3) is 6.05. The van der Waals surface area contributed by atoms with Crippen molar-refractivity contribution in [1.82, 2.24) is 5.32 Å². The SMILES string of the molecule is CC(C)(Cc1ccc(S(=O)(=O)Cl)cc1)OC(=O)c1cc(C2CC2)c(OCC2CNC2)cc1F. The van der Waals surface area contributed by atoms with E-state index < -0.39 is 26.4 Å². The second kappa shape index (κ2) is 9.24. The molecular weight excluding hydrogens is 469 g/mol. The second-order valence-corrected chi connectivity index (χ2v) is 12.0. The fraction of sp³-hybridized carbons (Fsp3) is 0.458. The maximum Gasteiger partial charge on any atom is 0.341 e. The molecule has 0 atom stereocenters. The van der Waals surface area contributed by atoms with Gasteiger partial charge in [0.25, 0.3) is 9.05 Å². The summed E-state index contributed by atoms with van der Waals surface area (Å²) < 4.78 is 49.2. The molecular formula is C24H27ClFNO5S. The van der Waals surface area contributed by atoms with Gasteiger partial charge in [-0.15, -0.1) is 0 Å². The van der Waals surface area contributed by atoms with Crippen molar-refractivity contribution >= 4 is 25.7 Å². The fourth-order valence-corrected chi connectivity index (χ4v) is 4.61. The van der Waals surface area contributed by atoms with Crippen LogP contribution in [0.25, 0.3) is 0 Å². The lowest BCUT2D eigenvalue weighted by atomic mass is 9.98. The summed E-state index contributed by atoms with van der Waals surface area (Å²) in [5.74, 6) is -0.208. The summed E-state index contributed by atoms with van der Waals surface area (Å²) in [6.45, 7) is 5.75. The number of esters is 1. The molecule has 0 radical (unpaired) electrons. The highest BCUT2D eigenvalue weighted by atomic mass is 35.7. The van der Waals surface area contributed by atoms with Crippen molar-refractivity contribution in [1.29, 1.82) is 0 Å². The predicted octanol–water partition coefficient (Wildman–Crippen LogP) is 4.41.